The molecule has 0 atom stereocenters. The first-order valence-corrected chi connectivity index (χ1v) is 5.27. The van der Waals surface area contributed by atoms with E-state index in [9.17, 15) is 5.11 Å². The molecule has 0 saturated carbocycles. The molecule has 0 bridgehead atoms. The third-order valence-corrected chi connectivity index (χ3v) is 2.94. The molecule has 0 aliphatic rings. The monoisotopic (exact) mass is 267 g/mol. The third kappa shape index (κ3) is 1.82. The zero-order valence-electron chi connectivity index (χ0n) is 8.20. The average molecular weight is 268 g/mol. The van der Waals surface area contributed by atoms with Gasteiger partial charge in [-0.1, -0.05) is 15.9 Å². The van der Waals surface area contributed by atoms with Gasteiger partial charge >= 0.3 is 0 Å². The fourth-order valence-electron chi connectivity index (χ4n) is 1.51. The lowest BCUT2D eigenvalue weighted by atomic mass is 10.1. The summed E-state index contributed by atoms with van der Waals surface area (Å²) in [5.41, 5.74) is 1.57. The van der Waals surface area contributed by atoms with Crippen LogP contribution in [-0.2, 0) is 6.61 Å². The number of fused-ring (bicyclic) bond motifs is 1. The molecule has 0 aliphatic heterocycles. The summed E-state index contributed by atoms with van der Waals surface area (Å²) < 4.78 is 6.11. The van der Waals surface area contributed by atoms with E-state index >= 15 is 0 Å². The molecular weight excluding hydrogens is 258 g/mol. The highest BCUT2D eigenvalue weighted by molar-refractivity contribution is 9.10. The number of aliphatic hydroxyl groups is 1. The quantitative estimate of drug-likeness (QED) is 0.909. The van der Waals surface area contributed by atoms with Crippen LogP contribution in [0.5, 0.6) is 5.75 Å². The van der Waals surface area contributed by atoms with Crippen LogP contribution in [0.25, 0.3) is 10.9 Å². The predicted molar refractivity (Wildman–Crippen MR) is 61.9 cm³/mol. The highest BCUT2D eigenvalue weighted by Crippen LogP contribution is 2.29. The number of hydrogen-bond donors (Lipinski definition) is 1. The highest BCUT2D eigenvalue weighted by atomic mass is 79.9. The van der Waals surface area contributed by atoms with Crippen molar-refractivity contribution in [2.24, 2.45) is 0 Å². The average Bonchev–Trinajstić information content (AvgIpc) is 2.28. The lowest BCUT2D eigenvalue weighted by Crippen LogP contribution is -1.92. The number of pyridine rings is 1. The lowest BCUT2D eigenvalue weighted by Gasteiger charge is -2.07. The minimum atomic E-state index is -0.0445. The van der Waals surface area contributed by atoms with Gasteiger partial charge in [-0.3, -0.25) is 4.98 Å². The Bertz CT molecular complexity index is 499. The van der Waals surface area contributed by atoms with Crippen molar-refractivity contribution < 1.29 is 9.84 Å². The molecule has 0 fully saturated rings. The van der Waals surface area contributed by atoms with Gasteiger partial charge in [0.05, 0.1) is 19.2 Å². The van der Waals surface area contributed by atoms with E-state index in [4.69, 9.17) is 4.74 Å². The van der Waals surface area contributed by atoms with E-state index in [2.05, 4.69) is 20.9 Å². The van der Waals surface area contributed by atoms with Crippen LogP contribution in [0.4, 0.5) is 0 Å². The number of aromatic nitrogens is 1. The molecule has 4 heteroatoms. The summed E-state index contributed by atoms with van der Waals surface area (Å²) in [6.45, 7) is -0.0445. The maximum absolute atomic E-state index is 9.24. The summed E-state index contributed by atoms with van der Waals surface area (Å²) in [6.07, 6.45) is 1.71. The Morgan fingerprint density at radius 2 is 2.27 bits per heavy atom. The van der Waals surface area contributed by atoms with Gasteiger partial charge in [0, 0.05) is 21.6 Å². The van der Waals surface area contributed by atoms with Crippen molar-refractivity contribution in [3.63, 3.8) is 0 Å². The third-order valence-electron chi connectivity index (χ3n) is 2.25. The molecule has 2 rings (SSSR count). The van der Waals surface area contributed by atoms with Crippen LogP contribution in [-0.4, -0.2) is 17.2 Å². The van der Waals surface area contributed by atoms with E-state index < -0.39 is 0 Å². The van der Waals surface area contributed by atoms with Gasteiger partial charge in [0.2, 0.25) is 0 Å². The standard InChI is InChI=1S/C11H10BrNO2/c1-15-8-4-7(6-14)11-9(5-8)10(12)2-3-13-11/h2-5,14H,6H2,1H3. The maximum Gasteiger partial charge on any atom is 0.120 e. The molecule has 1 aromatic heterocycles. The molecule has 1 N–H and O–H groups in total. The number of nitrogens with zero attached hydrogens (tertiary/aromatic N) is 1. The minimum absolute atomic E-state index is 0.0445. The SMILES string of the molecule is COc1cc(CO)c2nccc(Br)c2c1. The topological polar surface area (TPSA) is 42.4 Å². The zero-order valence-corrected chi connectivity index (χ0v) is 9.78. The second-order valence-corrected chi connectivity index (χ2v) is 3.99. The van der Waals surface area contributed by atoms with Crippen molar-refractivity contribution in [1.82, 2.24) is 4.98 Å². The molecule has 3 nitrogen and oxygen atoms in total. The van der Waals surface area contributed by atoms with E-state index in [0.29, 0.717) is 0 Å². The zero-order chi connectivity index (χ0) is 10.8. The molecule has 1 aromatic carbocycles. The van der Waals surface area contributed by atoms with E-state index in [-0.39, 0.29) is 6.61 Å². The molecule has 0 amide bonds. The number of methoxy groups -OCH3 is 1. The Kier molecular flexibility index (Phi) is 2.88. The maximum atomic E-state index is 9.24. The van der Waals surface area contributed by atoms with Crippen LogP contribution < -0.4 is 4.74 Å². The van der Waals surface area contributed by atoms with Crippen LogP contribution in [0.1, 0.15) is 5.56 Å². The van der Waals surface area contributed by atoms with E-state index in [0.717, 1.165) is 26.7 Å². The number of aliphatic hydroxyl groups excluding tert-OH is 1. The minimum Gasteiger partial charge on any atom is -0.497 e. The normalized spacial score (nSPS) is 10.6. The van der Waals surface area contributed by atoms with Gasteiger partial charge in [-0.05, 0) is 18.2 Å². The molecule has 0 unspecified atom stereocenters. The summed E-state index contributed by atoms with van der Waals surface area (Å²) >= 11 is 3.45. The number of benzene rings is 1. The first kappa shape index (κ1) is 10.4. The molecule has 0 spiro atoms. The molecule has 0 saturated heterocycles. The van der Waals surface area contributed by atoms with Gasteiger partial charge in [-0.2, -0.15) is 0 Å². The fourth-order valence-corrected chi connectivity index (χ4v) is 1.93. The van der Waals surface area contributed by atoms with E-state index in [1.165, 1.54) is 0 Å². The van der Waals surface area contributed by atoms with Crippen LogP contribution in [0.15, 0.2) is 28.9 Å². The Labute approximate surface area is 95.8 Å². The van der Waals surface area contributed by atoms with Gasteiger partial charge in [0.1, 0.15) is 5.75 Å². The predicted octanol–water partition coefficient (Wildman–Crippen LogP) is 2.50. The van der Waals surface area contributed by atoms with Crippen molar-refractivity contribution in [1.29, 1.82) is 0 Å². The summed E-state index contributed by atoms with van der Waals surface area (Å²) in [6, 6.07) is 5.55. The van der Waals surface area contributed by atoms with Crippen molar-refractivity contribution >= 4 is 26.8 Å². The molecular formula is C11H10BrNO2. The second kappa shape index (κ2) is 4.16. The Morgan fingerprint density at radius 1 is 1.47 bits per heavy atom. The molecule has 0 aliphatic carbocycles. The van der Waals surface area contributed by atoms with E-state index in [1.807, 2.05) is 12.1 Å². The molecule has 1 heterocycles. The number of halogens is 1. The fraction of sp³-hybridized carbons (Fsp3) is 0.182. The summed E-state index contributed by atoms with van der Waals surface area (Å²) in [5.74, 6) is 0.722. The van der Waals surface area contributed by atoms with Gasteiger partial charge in [-0.15, -0.1) is 0 Å². The molecule has 15 heavy (non-hydrogen) atoms. The van der Waals surface area contributed by atoms with Crippen LogP contribution in [0.3, 0.4) is 0 Å². The smallest absolute Gasteiger partial charge is 0.120 e. The van der Waals surface area contributed by atoms with Crippen LogP contribution in [0.2, 0.25) is 0 Å². The second-order valence-electron chi connectivity index (χ2n) is 3.13. The first-order chi connectivity index (χ1) is 7.26. The Morgan fingerprint density at radius 3 is 2.93 bits per heavy atom. The summed E-state index contributed by atoms with van der Waals surface area (Å²) in [7, 11) is 1.60. The summed E-state index contributed by atoms with van der Waals surface area (Å²) in [4.78, 5) is 4.24. The van der Waals surface area contributed by atoms with Crippen molar-refractivity contribution in [3.8, 4) is 5.75 Å². The molecule has 0 radical (unpaired) electrons. The van der Waals surface area contributed by atoms with Crippen molar-refractivity contribution in [2.75, 3.05) is 7.11 Å². The van der Waals surface area contributed by atoms with Gasteiger partial charge in [0.15, 0.2) is 0 Å². The number of rotatable bonds is 2. The van der Waals surface area contributed by atoms with Crippen LogP contribution in [0, 0.1) is 0 Å². The molecule has 2 aromatic rings. The highest BCUT2D eigenvalue weighted by Gasteiger charge is 2.07. The van der Waals surface area contributed by atoms with Gasteiger partial charge in [-0.25, -0.2) is 0 Å². The Hall–Kier alpha value is -1.13. The number of hydrogen-bond acceptors (Lipinski definition) is 3. The lowest BCUT2D eigenvalue weighted by molar-refractivity contribution is 0.282. The van der Waals surface area contributed by atoms with Gasteiger partial charge in [0.25, 0.3) is 0 Å². The largest absolute Gasteiger partial charge is 0.497 e. The van der Waals surface area contributed by atoms with Crippen molar-refractivity contribution in [3.05, 3.63) is 34.4 Å². The van der Waals surface area contributed by atoms with Crippen LogP contribution >= 0.6 is 15.9 Å². The van der Waals surface area contributed by atoms with E-state index in [1.54, 1.807) is 19.4 Å². The Balaban J connectivity index is 2.80. The molecule has 78 valence electrons. The van der Waals surface area contributed by atoms with Crippen molar-refractivity contribution in [2.45, 2.75) is 6.61 Å². The number of ether oxygens (including phenoxy) is 1. The van der Waals surface area contributed by atoms with Gasteiger partial charge < -0.3 is 9.84 Å². The summed E-state index contributed by atoms with van der Waals surface area (Å²) in [5, 5.41) is 10.2. The first-order valence-electron chi connectivity index (χ1n) is 4.48.